The SMILES string of the molecule is O=Cc1c(I)cnc(F)c1F. The summed E-state index contributed by atoms with van der Waals surface area (Å²) in [5.41, 5.74) is -0.280. The number of rotatable bonds is 1. The highest BCUT2D eigenvalue weighted by Crippen LogP contribution is 2.14. The summed E-state index contributed by atoms with van der Waals surface area (Å²) in [5, 5.41) is 0. The summed E-state index contributed by atoms with van der Waals surface area (Å²) in [4.78, 5) is 13.2. The Hall–Kier alpha value is -0.590. The molecule has 2 nitrogen and oxygen atoms in total. The lowest BCUT2D eigenvalue weighted by Gasteiger charge is -1.96. The lowest BCUT2D eigenvalue weighted by molar-refractivity contribution is 0.111. The predicted octanol–water partition coefficient (Wildman–Crippen LogP) is 1.78. The molecule has 58 valence electrons. The first-order valence-electron chi connectivity index (χ1n) is 2.61. The fourth-order valence-corrected chi connectivity index (χ4v) is 1.07. The molecular weight excluding hydrogens is 267 g/mol. The zero-order valence-electron chi connectivity index (χ0n) is 5.14. The van der Waals surface area contributed by atoms with E-state index in [0.717, 1.165) is 6.20 Å². The van der Waals surface area contributed by atoms with Gasteiger partial charge in [-0.05, 0) is 22.6 Å². The van der Waals surface area contributed by atoms with Crippen LogP contribution in [-0.2, 0) is 0 Å². The van der Waals surface area contributed by atoms with Crippen LogP contribution in [0.1, 0.15) is 10.4 Å². The van der Waals surface area contributed by atoms with Crippen LogP contribution in [0.3, 0.4) is 0 Å². The molecule has 0 fully saturated rings. The van der Waals surface area contributed by atoms with E-state index in [2.05, 4.69) is 4.98 Å². The Labute approximate surface area is 74.8 Å². The maximum Gasteiger partial charge on any atom is 0.249 e. The van der Waals surface area contributed by atoms with E-state index in [1.54, 1.807) is 22.6 Å². The van der Waals surface area contributed by atoms with Gasteiger partial charge in [-0.2, -0.15) is 4.39 Å². The zero-order chi connectivity index (χ0) is 8.43. The van der Waals surface area contributed by atoms with Crippen LogP contribution in [0.15, 0.2) is 6.20 Å². The summed E-state index contributed by atoms with van der Waals surface area (Å²) in [6, 6.07) is 0. The molecule has 0 aliphatic carbocycles. The van der Waals surface area contributed by atoms with Crippen molar-refractivity contribution in [3.8, 4) is 0 Å². The van der Waals surface area contributed by atoms with Crippen LogP contribution in [0, 0.1) is 15.3 Å². The number of aromatic nitrogens is 1. The maximum atomic E-state index is 12.6. The molecule has 0 atom stereocenters. The molecule has 5 heteroatoms. The molecule has 1 rings (SSSR count). The molecule has 0 aliphatic heterocycles. The van der Waals surface area contributed by atoms with E-state index < -0.39 is 11.8 Å². The topological polar surface area (TPSA) is 30.0 Å². The van der Waals surface area contributed by atoms with Crippen molar-refractivity contribution in [2.45, 2.75) is 0 Å². The van der Waals surface area contributed by atoms with E-state index in [4.69, 9.17) is 0 Å². The molecule has 11 heavy (non-hydrogen) atoms. The number of hydrogen-bond donors (Lipinski definition) is 0. The first-order valence-corrected chi connectivity index (χ1v) is 3.69. The Morgan fingerprint density at radius 3 is 2.64 bits per heavy atom. The van der Waals surface area contributed by atoms with Crippen LogP contribution in [0.4, 0.5) is 8.78 Å². The quantitative estimate of drug-likeness (QED) is 0.442. The monoisotopic (exact) mass is 269 g/mol. The molecule has 1 aromatic heterocycles. The highest BCUT2D eigenvalue weighted by atomic mass is 127. The smallest absolute Gasteiger partial charge is 0.249 e. The molecule has 0 N–H and O–H groups in total. The lowest BCUT2D eigenvalue weighted by atomic mass is 10.3. The minimum Gasteiger partial charge on any atom is -0.298 e. The Morgan fingerprint density at radius 1 is 1.55 bits per heavy atom. The van der Waals surface area contributed by atoms with Gasteiger partial charge in [0, 0.05) is 9.77 Å². The molecule has 0 aliphatic rings. The molecular formula is C6H2F2INO. The van der Waals surface area contributed by atoms with Crippen LogP contribution >= 0.6 is 22.6 Å². The van der Waals surface area contributed by atoms with Gasteiger partial charge < -0.3 is 0 Å². The highest BCUT2D eigenvalue weighted by molar-refractivity contribution is 14.1. The first-order chi connectivity index (χ1) is 5.16. The summed E-state index contributed by atoms with van der Waals surface area (Å²) in [6.07, 6.45) is 1.37. The van der Waals surface area contributed by atoms with Crippen LogP contribution in [0.25, 0.3) is 0 Å². The standard InChI is InChI=1S/C6H2F2INO/c7-5-3(2-11)4(9)1-10-6(5)8/h1-2H. The molecule has 0 spiro atoms. The second-order valence-electron chi connectivity index (χ2n) is 1.74. The predicted molar refractivity (Wildman–Crippen MR) is 42.3 cm³/mol. The minimum absolute atomic E-state index is 0.266. The molecule has 0 bridgehead atoms. The molecule has 0 aromatic carbocycles. The van der Waals surface area contributed by atoms with E-state index in [-0.39, 0.29) is 11.8 Å². The third-order valence-electron chi connectivity index (χ3n) is 1.08. The van der Waals surface area contributed by atoms with Crippen molar-refractivity contribution in [3.63, 3.8) is 0 Å². The van der Waals surface area contributed by atoms with Crippen molar-refractivity contribution >= 4 is 28.9 Å². The van der Waals surface area contributed by atoms with E-state index in [1.165, 1.54) is 0 Å². The third kappa shape index (κ3) is 1.52. The second-order valence-corrected chi connectivity index (χ2v) is 2.90. The van der Waals surface area contributed by atoms with Crippen molar-refractivity contribution in [2.24, 2.45) is 0 Å². The number of pyridine rings is 1. The van der Waals surface area contributed by atoms with Crippen molar-refractivity contribution in [2.75, 3.05) is 0 Å². The third-order valence-corrected chi connectivity index (χ3v) is 1.94. The Morgan fingerprint density at radius 2 is 2.18 bits per heavy atom. The average molecular weight is 269 g/mol. The number of hydrogen-bond acceptors (Lipinski definition) is 2. The highest BCUT2D eigenvalue weighted by Gasteiger charge is 2.11. The number of carbonyl (C=O) groups is 1. The van der Waals surface area contributed by atoms with Gasteiger partial charge in [0.2, 0.25) is 5.95 Å². The summed E-state index contributed by atoms with van der Waals surface area (Å²) < 4.78 is 25.2. The molecule has 0 radical (unpaired) electrons. The van der Waals surface area contributed by atoms with Crippen LogP contribution < -0.4 is 0 Å². The van der Waals surface area contributed by atoms with Gasteiger partial charge in [-0.3, -0.25) is 4.79 Å². The molecule has 0 saturated carbocycles. The summed E-state index contributed by atoms with van der Waals surface area (Å²) >= 11 is 1.70. The molecule has 1 heterocycles. The van der Waals surface area contributed by atoms with Gasteiger partial charge in [-0.25, -0.2) is 9.37 Å². The normalized spacial score (nSPS) is 9.73. The zero-order valence-corrected chi connectivity index (χ0v) is 7.30. The number of halogens is 3. The Balaban J connectivity index is 3.40. The summed E-state index contributed by atoms with van der Waals surface area (Å²) in [7, 11) is 0. The van der Waals surface area contributed by atoms with Gasteiger partial charge in [-0.15, -0.1) is 0 Å². The van der Waals surface area contributed by atoms with Crippen LogP contribution in [0.2, 0.25) is 0 Å². The van der Waals surface area contributed by atoms with Crippen molar-refractivity contribution in [1.29, 1.82) is 0 Å². The van der Waals surface area contributed by atoms with Crippen molar-refractivity contribution in [1.82, 2.24) is 4.98 Å². The minimum atomic E-state index is -1.24. The fraction of sp³-hybridized carbons (Fsp3) is 0. The summed E-state index contributed by atoms with van der Waals surface area (Å²) in [5.74, 6) is -2.43. The fourth-order valence-electron chi connectivity index (χ4n) is 0.564. The van der Waals surface area contributed by atoms with Gasteiger partial charge in [-0.1, -0.05) is 0 Å². The van der Waals surface area contributed by atoms with E-state index in [9.17, 15) is 13.6 Å². The number of carbonyl (C=O) groups excluding carboxylic acids is 1. The van der Waals surface area contributed by atoms with E-state index in [1.807, 2.05) is 0 Å². The number of aldehydes is 1. The molecule has 1 aromatic rings. The van der Waals surface area contributed by atoms with Crippen molar-refractivity contribution < 1.29 is 13.6 Å². The Bertz CT molecular complexity index is 303. The maximum absolute atomic E-state index is 12.6. The van der Waals surface area contributed by atoms with E-state index >= 15 is 0 Å². The first kappa shape index (κ1) is 8.51. The second kappa shape index (κ2) is 3.21. The van der Waals surface area contributed by atoms with Gasteiger partial charge in [0.1, 0.15) is 0 Å². The van der Waals surface area contributed by atoms with Gasteiger partial charge >= 0.3 is 0 Å². The van der Waals surface area contributed by atoms with E-state index in [0.29, 0.717) is 3.57 Å². The molecule has 0 unspecified atom stereocenters. The molecule has 0 saturated heterocycles. The Kier molecular flexibility index (Phi) is 2.48. The molecule has 0 amide bonds. The van der Waals surface area contributed by atoms with Gasteiger partial charge in [0.15, 0.2) is 12.1 Å². The van der Waals surface area contributed by atoms with Crippen molar-refractivity contribution in [3.05, 3.63) is 27.1 Å². The largest absolute Gasteiger partial charge is 0.298 e. The van der Waals surface area contributed by atoms with Gasteiger partial charge in [0.05, 0.1) is 5.56 Å². The van der Waals surface area contributed by atoms with Crippen LogP contribution in [-0.4, -0.2) is 11.3 Å². The van der Waals surface area contributed by atoms with Gasteiger partial charge in [0.25, 0.3) is 0 Å². The number of nitrogens with zero attached hydrogens (tertiary/aromatic N) is 1. The summed E-state index contributed by atoms with van der Waals surface area (Å²) in [6.45, 7) is 0. The van der Waals surface area contributed by atoms with Crippen LogP contribution in [0.5, 0.6) is 0 Å². The average Bonchev–Trinajstić information content (AvgIpc) is 1.99. The lowest BCUT2D eigenvalue weighted by Crippen LogP contribution is -1.98.